The molecule has 0 saturated heterocycles. The Balaban J connectivity index is 4.04. The number of hydrogen-bond acceptors (Lipinski definition) is 1. The molecule has 90 valence electrons. The highest BCUT2D eigenvalue weighted by atomic mass is 16.2. The number of rotatable bonds is 7. The number of nitrogens with one attached hydrogen (secondary N) is 1. The van der Waals surface area contributed by atoms with Crippen molar-refractivity contribution in [3.05, 3.63) is 0 Å². The van der Waals surface area contributed by atoms with Gasteiger partial charge in [0.05, 0.1) is 0 Å². The standard InChI is InChI=1S/C12H26N2O/c1-5-9-13-12(15)14(8-4)10-11(6-2)7-3/h11H,5-10H2,1-4H3,(H,13,15). The Labute approximate surface area is 94.2 Å². The average molecular weight is 214 g/mol. The van der Waals surface area contributed by atoms with Crippen LogP contribution in [0.4, 0.5) is 4.79 Å². The minimum Gasteiger partial charge on any atom is -0.338 e. The van der Waals surface area contributed by atoms with Crippen molar-refractivity contribution >= 4 is 6.03 Å². The summed E-state index contributed by atoms with van der Waals surface area (Å²) in [7, 11) is 0. The number of carbonyl (C=O) groups excluding carboxylic acids is 1. The summed E-state index contributed by atoms with van der Waals surface area (Å²) in [4.78, 5) is 13.6. The molecule has 0 fully saturated rings. The molecule has 1 N–H and O–H groups in total. The Hall–Kier alpha value is -0.730. The summed E-state index contributed by atoms with van der Waals surface area (Å²) in [6, 6.07) is 0.0891. The maximum atomic E-state index is 11.7. The van der Waals surface area contributed by atoms with Gasteiger partial charge in [-0.15, -0.1) is 0 Å². The fraction of sp³-hybridized carbons (Fsp3) is 0.917. The Morgan fingerprint density at radius 1 is 1.20 bits per heavy atom. The second-order valence-corrected chi connectivity index (χ2v) is 3.95. The highest BCUT2D eigenvalue weighted by Gasteiger charge is 2.14. The van der Waals surface area contributed by atoms with Gasteiger partial charge in [0.25, 0.3) is 0 Å². The van der Waals surface area contributed by atoms with E-state index in [9.17, 15) is 4.79 Å². The van der Waals surface area contributed by atoms with Crippen molar-refractivity contribution < 1.29 is 4.79 Å². The van der Waals surface area contributed by atoms with Gasteiger partial charge < -0.3 is 10.2 Å². The quantitative estimate of drug-likeness (QED) is 0.694. The van der Waals surface area contributed by atoms with Gasteiger partial charge in [-0.2, -0.15) is 0 Å². The van der Waals surface area contributed by atoms with Gasteiger partial charge in [-0.3, -0.25) is 0 Å². The molecule has 0 aliphatic rings. The Bertz CT molecular complexity index is 167. The molecule has 15 heavy (non-hydrogen) atoms. The molecule has 2 amide bonds. The first-order chi connectivity index (χ1) is 7.19. The molecular weight excluding hydrogens is 188 g/mol. The second kappa shape index (κ2) is 8.57. The van der Waals surface area contributed by atoms with Crippen LogP contribution in [0.5, 0.6) is 0 Å². The molecule has 0 bridgehead atoms. The van der Waals surface area contributed by atoms with Crippen LogP contribution in [-0.4, -0.2) is 30.6 Å². The Kier molecular flexibility index (Phi) is 8.15. The molecule has 0 aromatic rings. The highest BCUT2D eigenvalue weighted by Crippen LogP contribution is 2.09. The van der Waals surface area contributed by atoms with E-state index in [1.54, 1.807) is 0 Å². The predicted octanol–water partition coefficient (Wildman–Crippen LogP) is 2.86. The van der Waals surface area contributed by atoms with Gasteiger partial charge >= 0.3 is 6.03 Å². The number of hydrogen-bond donors (Lipinski definition) is 1. The van der Waals surface area contributed by atoms with E-state index in [0.717, 1.165) is 38.9 Å². The van der Waals surface area contributed by atoms with E-state index in [4.69, 9.17) is 0 Å². The molecule has 0 spiro atoms. The molecule has 0 saturated carbocycles. The Morgan fingerprint density at radius 2 is 1.80 bits per heavy atom. The highest BCUT2D eigenvalue weighted by molar-refractivity contribution is 5.74. The monoisotopic (exact) mass is 214 g/mol. The zero-order valence-corrected chi connectivity index (χ0v) is 10.7. The van der Waals surface area contributed by atoms with E-state index < -0.39 is 0 Å². The first kappa shape index (κ1) is 14.3. The van der Waals surface area contributed by atoms with Crippen LogP contribution < -0.4 is 5.32 Å². The molecule has 0 aromatic carbocycles. The van der Waals surface area contributed by atoms with Gasteiger partial charge in [0.15, 0.2) is 0 Å². The fourth-order valence-electron chi connectivity index (χ4n) is 1.56. The number of urea groups is 1. The third kappa shape index (κ3) is 5.65. The lowest BCUT2D eigenvalue weighted by Gasteiger charge is -2.25. The van der Waals surface area contributed by atoms with Crippen LogP contribution in [0, 0.1) is 5.92 Å². The van der Waals surface area contributed by atoms with Crippen LogP contribution in [0.15, 0.2) is 0 Å². The molecule has 3 nitrogen and oxygen atoms in total. The molecule has 0 aromatic heterocycles. The maximum Gasteiger partial charge on any atom is 0.317 e. The predicted molar refractivity (Wildman–Crippen MR) is 65.0 cm³/mol. The number of amides is 2. The van der Waals surface area contributed by atoms with E-state index in [1.807, 2.05) is 11.8 Å². The summed E-state index contributed by atoms with van der Waals surface area (Å²) in [6.07, 6.45) is 3.29. The summed E-state index contributed by atoms with van der Waals surface area (Å²) in [5.41, 5.74) is 0. The van der Waals surface area contributed by atoms with Gasteiger partial charge in [0, 0.05) is 19.6 Å². The van der Waals surface area contributed by atoms with Crippen molar-refractivity contribution in [3.8, 4) is 0 Å². The van der Waals surface area contributed by atoms with Crippen LogP contribution in [0.2, 0.25) is 0 Å². The largest absolute Gasteiger partial charge is 0.338 e. The topological polar surface area (TPSA) is 32.3 Å². The molecule has 0 heterocycles. The first-order valence-corrected chi connectivity index (χ1v) is 6.22. The van der Waals surface area contributed by atoms with Crippen LogP contribution in [0.25, 0.3) is 0 Å². The van der Waals surface area contributed by atoms with Crippen molar-refractivity contribution in [2.75, 3.05) is 19.6 Å². The molecule has 0 aliphatic carbocycles. The minimum atomic E-state index is 0.0891. The van der Waals surface area contributed by atoms with E-state index in [2.05, 4.69) is 26.1 Å². The van der Waals surface area contributed by atoms with Crippen LogP contribution in [0.3, 0.4) is 0 Å². The lowest BCUT2D eigenvalue weighted by Crippen LogP contribution is -2.42. The van der Waals surface area contributed by atoms with E-state index in [1.165, 1.54) is 0 Å². The van der Waals surface area contributed by atoms with Gasteiger partial charge in [0.2, 0.25) is 0 Å². The molecule has 0 rings (SSSR count). The molecule has 0 unspecified atom stereocenters. The first-order valence-electron chi connectivity index (χ1n) is 6.22. The molecular formula is C12H26N2O. The van der Waals surface area contributed by atoms with E-state index in [-0.39, 0.29) is 6.03 Å². The van der Waals surface area contributed by atoms with Crippen molar-refractivity contribution in [2.24, 2.45) is 5.92 Å². The lowest BCUT2D eigenvalue weighted by molar-refractivity contribution is 0.189. The normalized spacial score (nSPS) is 10.5. The summed E-state index contributed by atoms with van der Waals surface area (Å²) in [5.74, 6) is 0.636. The molecule has 0 atom stereocenters. The van der Waals surface area contributed by atoms with Gasteiger partial charge in [-0.1, -0.05) is 33.6 Å². The van der Waals surface area contributed by atoms with E-state index >= 15 is 0 Å². The SMILES string of the molecule is CCCNC(=O)N(CC)CC(CC)CC. The zero-order valence-electron chi connectivity index (χ0n) is 10.7. The second-order valence-electron chi connectivity index (χ2n) is 3.95. The smallest absolute Gasteiger partial charge is 0.317 e. The number of carbonyl (C=O) groups is 1. The van der Waals surface area contributed by atoms with E-state index in [0.29, 0.717) is 5.92 Å². The van der Waals surface area contributed by atoms with Crippen molar-refractivity contribution in [3.63, 3.8) is 0 Å². The third-order valence-corrected chi connectivity index (χ3v) is 2.83. The molecule has 0 aliphatic heterocycles. The number of nitrogens with zero attached hydrogens (tertiary/aromatic N) is 1. The van der Waals surface area contributed by atoms with Crippen molar-refractivity contribution in [1.82, 2.24) is 10.2 Å². The fourth-order valence-corrected chi connectivity index (χ4v) is 1.56. The minimum absolute atomic E-state index is 0.0891. The average Bonchev–Trinajstić information content (AvgIpc) is 2.27. The van der Waals surface area contributed by atoms with Gasteiger partial charge in [0.1, 0.15) is 0 Å². The third-order valence-electron chi connectivity index (χ3n) is 2.83. The van der Waals surface area contributed by atoms with Gasteiger partial charge in [-0.05, 0) is 19.3 Å². The molecule has 3 heteroatoms. The maximum absolute atomic E-state index is 11.7. The summed E-state index contributed by atoms with van der Waals surface area (Å²) in [6.45, 7) is 10.9. The van der Waals surface area contributed by atoms with Crippen molar-refractivity contribution in [1.29, 1.82) is 0 Å². The van der Waals surface area contributed by atoms with Crippen LogP contribution in [-0.2, 0) is 0 Å². The summed E-state index contributed by atoms with van der Waals surface area (Å²) < 4.78 is 0. The summed E-state index contributed by atoms with van der Waals surface area (Å²) >= 11 is 0. The van der Waals surface area contributed by atoms with Crippen molar-refractivity contribution in [2.45, 2.75) is 47.0 Å². The van der Waals surface area contributed by atoms with Gasteiger partial charge in [-0.25, -0.2) is 4.79 Å². The van der Waals surface area contributed by atoms with Crippen LogP contribution >= 0.6 is 0 Å². The zero-order chi connectivity index (χ0) is 11.7. The Morgan fingerprint density at radius 3 is 2.20 bits per heavy atom. The molecule has 0 radical (unpaired) electrons. The summed E-state index contributed by atoms with van der Waals surface area (Å²) in [5, 5.41) is 2.92. The van der Waals surface area contributed by atoms with Crippen LogP contribution in [0.1, 0.15) is 47.0 Å². The lowest BCUT2D eigenvalue weighted by atomic mass is 10.0.